The zero-order chi connectivity index (χ0) is 4.99. The summed E-state index contributed by atoms with van der Waals surface area (Å²) in [5.74, 6) is -1.07. The molecule has 2 radical (unpaired) electrons. The van der Waals surface area contributed by atoms with Crippen LogP contribution in [-0.2, 0) is 4.79 Å². The van der Waals surface area contributed by atoms with Crippen LogP contribution in [0.2, 0.25) is 0 Å². The molecule has 0 atom stereocenters. The number of nitriles is 1. The summed E-state index contributed by atoms with van der Waals surface area (Å²) in [7, 11) is 0. The zero-order valence-electron chi connectivity index (χ0n) is 3.72. The van der Waals surface area contributed by atoms with Gasteiger partial charge < -0.3 is 5.11 Å². The van der Waals surface area contributed by atoms with E-state index in [1.807, 2.05) is 0 Å². The van der Waals surface area contributed by atoms with Crippen molar-refractivity contribution in [1.82, 2.24) is 0 Å². The second-order valence-corrected chi connectivity index (χ2v) is 0.729. The number of aliphatic carboxylic acids is 1. The second-order valence-electron chi connectivity index (χ2n) is 0.729. The van der Waals surface area contributed by atoms with Crippen molar-refractivity contribution in [2.24, 2.45) is 0 Å². The largest absolute Gasteiger partial charge is 0.480 e. The molecular formula is C3H3CaNO2. The maximum absolute atomic E-state index is 9.38. The Kier molecular flexibility index (Phi) is 9.11. The first-order chi connectivity index (χ1) is 2.77. The fourth-order valence-corrected chi connectivity index (χ4v) is 0.0676. The predicted molar refractivity (Wildman–Crippen MR) is 23.6 cm³/mol. The SMILES string of the molecule is N#CCC(=O)O.[Ca]. The van der Waals surface area contributed by atoms with Gasteiger partial charge in [-0.05, 0) is 0 Å². The van der Waals surface area contributed by atoms with Gasteiger partial charge in [-0.2, -0.15) is 5.26 Å². The van der Waals surface area contributed by atoms with E-state index >= 15 is 0 Å². The van der Waals surface area contributed by atoms with Crippen LogP contribution in [-0.4, -0.2) is 48.8 Å². The maximum atomic E-state index is 9.38. The van der Waals surface area contributed by atoms with Gasteiger partial charge in [-0.1, -0.05) is 0 Å². The number of carboxylic acid groups (broad SMARTS) is 1. The summed E-state index contributed by atoms with van der Waals surface area (Å²) >= 11 is 0. The Balaban J connectivity index is 0. The van der Waals surface area contributed by atoms with Gasteiger partial charge in [0, 0.05) is 37.7 Å². The summed E-state index contributed by atoms with van der Waals surface area (Å²) < 4.78 is 0. The van der Waals surface area contributed by atoms with Crippen LogP contribution in [0.15, 0.2) is 0 Å². The van der Waals surface area contributed by atoms with Gasteiger partial charge in [-0.25, -0.2) is 0 Å². The summed E-state index contributed by atoms with van der Waals surface area (Å²) in [5.41, 5.74) is 0. The second kappa shape index (κ2) is 6.22. The normalized spacial score (nSPS) is 5.57. The Bertz CT molecular complexity index is 95.6. The molecule has 1 N–H and O–H groups in total. The molecule has 7 heavy (non-hydrogen) atoms. The van der Waals surface area contributed by atoms with E-state index < -0.39 is 12.4 Å². The molecule has 3 nitrogen and oxygen atoms in total. The molecule has 0 spiro atoms. The number of nitrogens with zero attached hydrogens (tertiary/aromatic N) is 1. The summed E-state index contributed by atoms with van der Waals surface area (Å²) in [6.07, 6.45) is -0.403. The van der Waals surface area contributed by atoms with Gasteiger partial charge >= 0.3 is 5.97 Å². The molecule has 0 rings (SSSR count). The molecule has 0 bridgehead atoms. The molecular weight excluding hydrogens is 122 g/mol. The van der Waals surface area contributed by atoms with Crippen molar-refractivity contribution in [2.45, 2.75) is 6.42 Å². The van der Waals surface area contributed by atoms with Crippen molar-refractivity contribution >= 4 is 43.7 Å². The average molecular weight is 125 g/mol. The molecule has 0 saturated heterocycles. The standard InChI is InChI=1S/C3H3NO2.Ca/c4-2-1-3(5)6;/h1H2,(H,5,6);. The van der Waals surface area contributed by atoms with E-state index in [0.717, 1.165) is 0 Å². The number of carbonyl (C=O) groups is 1. The molecule has 34 valence electrons. The number of hydrogen-bond donors (Lipinski definition) is 1. The third-order valence-corrected chi connectivity index (χ3v) is 0.230. The number of rotatable bonds is 1. The van der Waals surface area contributed by atoms with E-state index in [-0.39, 0.29) is 37.7 Å². The molecule has 4 heteroatoms. The van der Waals surface area contributed by atoms with Crippen molar-refractivity contribution in [3.8, 4) is 6.07 Å². The minimum atomic E-state index is -1.07. The van der Waals surface area contributed by atoms with Crippen LogP contribution in [0.1, 0.15) is 6.42 Å². The van der Waals surface area contributed by atoms with E-state index in [1.165, 1.54) is 6.07 Å². The number of hydrogen-bond acceptors (Lipinski definition) is 2. The Hall–Kier alpha value is 0.220. The van der Waals surface area contributed by atoms with Crippen LogP contribution < -0.4 is 0 Å². The molecule has 0 fully saturated rings. The molecule has 0 heterocycles. The molecule has 0 amide bonds. The van der Waals surface area contributed by atoms with Crippen LogP contribution >= 0.6 is 0 Å². The van der Waals surface area contributed by atoms with Gasteiger partial charge in [0.25, 0.3) is 0 Å². The van der Waals surface area contributed by atoms with Gasteiger partial charge in [0.15, 0.2) is 0 Å². The summed E-state index contributed by atoms with van der Waals surface area (Å²) in [6, 6.07) is 1.47. The van der Waals surface area contributed by atoms with Crippen LogP contribution in [0.25, 0.3) is 0 Å². The minimum Gasteiger partial charge on any atom is -0.480 e. The fourth-order valence-electron chi connectivity index (χ4n) is 0.0676. The van der Waals surface area contributed by atoms with Crippen LogP contribution in [0.5, 0.6) is 0 Å². The fraction of sp³-hybridized carbons (Fsp3) is 0.333. The van der Waals surface area contributed by atoms with Gasteiger partial charge in [0.1, 0.15) is 6.42 Å². The molecule has 0 aromatic heterocycles. The summed E-state index contributed by atoms with van der Waals surface area (Å²) in [5, 5.41) is 15.3. The van der Waals surface area contributed by atoms with Crippen molar-refractivity contribution in [1.29, 1.82) is 5.26 Å². The topological polar surface area (TPSA) is 61.1 Å². The molecule has 0 aliphatic heterocycles. The quantitative estimate of drug-likeness (QED) is 0.485. The van der Waals surface area contributed by atoms with Gasteiger partial charge in [-0.3, -0.25) is 4.79 Å². The molecule has 0 aliphatic carbocycles. The Labute approximate surface area is 70.9 Å². The zero-order valence-corrected chi connectivity index (χ0v) is 5.93. The van der Waals surface area contributed by atoms with E-state index in [9.17, 15) is 4.79 Å². The molecule has 0 aromatic carbocycles. The third-order valence-electron chi connectivity index (χ3n) is 0.230. The Morgan fingerprint density at radius 3 is 2.29 bits per heavy atom. The van der Waals surface area contributed by atoms with Crippen molar-refractivity contribution < 1.29 is 9.90 Å². The Morgan fingerprint density at radius 1 is 1.86 bits per heavy atom. The average Bonchev–Trinajstić information content (AvgIpc) is 1.35. The minimum absolute atomic E-state index is 0. The van der Waals surface area contributed by atoms with Gasteiger partial charge in [0.2, 0.25) is 0 Å². The molecule has 0 aliphatic rings. The van der Waals surface area contributed by atoms with Crippen molar-refractivity contribution in [3.63, 3.8) is 0 Å². The molecule has 0 unspecified atom stereocenters. The Morgan fingerprint density at radius 2 is 2.29 bits per heavy atom. The van der Waals surface area contributed by atoms with Crippen LogP contribution in [0.3, 0.4) is 0 Å². The van der Waals surface area contributed by atoms with Crippen LogP contribution in [0.4, 0.5) is 0 Å². The van der Waals surface area contributed by atoms with Crippen molar-refractivity contribution in [3.05, 3.63) is 0 Å². The smallest absolute Gasteiger partial charge is 0.317 e. The molecule has 0 aromatic rings. The van der Waals surface area contributed by atoms with Gasteiger partial charge in [0.05, 0.1) is 6.07 Å². The predicted octanol–water partition coefficient (Wildman–Crippen LogP) is -0.396. The van der Waals surface area contributed by atoms with E-state index in [4.69, 9.17) is 10.4 Å². The molecule has 0 saturated carbocycles. The van der Waals surface area contributed by atoms with Crippen LogP contribution in [0, 0.1) is 11.3 Å². The summed E-state index contributed by atoms with van der Waals surface area (Å²) in [6.45, 7) is 0. The monoisotopic (exact) mass is 125 g/mol. The van der Waals surface area contributed by atoms with Gasteiger partial charge in [-0.15, -0.1) is 0 Å². The first-order valence-corrected chi connectivity index (χ1v) is 1.36. The number of carboxylic acids is 1. The summed E-state index contributed by atoms with van der Waals surface area (Å²) in [4.78, 5) is 9.38. The first kappa shape index (κ1) is 10.3. The maximum Gasteiger partial charge on any atom is 0.317 e. The van der Waals surface area contributed by atoms with E-state index in [1.54, 1.807) is 0 Å². The first-order valence-electron chi connectivity index (χ1n) is 1.36. The third kappa shape index (κ3) is 10.7. The van der Waals surface area contributed by atoms with Crippen molar-refractivity contribution in [2.75, 3.05) is 0 Å². The van der Waals surface area contributed by atoms with E-state index in [2.05, 4.69) is 0 Å². The van der Waals surface area contributed by atoms with E-state index in [0.29, 0.717) is 0 Å².